The van der Waals surface area contributed by atoms with Gasteiger partial charge in [0.2, 0.25) is 0 Å². The first-order valence-electron chi connectivity index (χ1n) is 9.50. The van der Waals surface area contributed by atoms with Crippen molar-refractivity contribution in [2.45, 2.75) is 55.5 Å². The van der Waals surface area contributed by atoms with Gasteiger partial charge < -0.3 is 14.2 Å². The normalized spacial score (nSPS) is 15.9. The molecular formula is C20H27N3O4S. The molecule has 152 valence electrons. The van der Waals surface area contributed by atoms with E-state index in [4.69, 9.17) is 14.2 Å². The lowest BCUT2D eigenvalue weighted by Crippen LogP contribution is -2.18. The molecule has 1 saturated carbocycles. The summed E-state index contributed by atoms with van der Waals surface area (Å²) in [6, 6.07) is 6.07. The van der Waals surface area contributed by atoms with Crippen molar-refractivity contribution < 1.29 is 19.0 Å². The number of hydrogen-bond acceptors (Lipinski definition) is 7. The summed E-state index contributed by atoms with van der Waals surface area (Å²) in [5.41, 5.74) is 0.910. The molecule has 2 aromatic rings. The Labute approximate surface area is 169 Å². The highest BCUT2D eigenvalue weighted by atomic mass is 32.2. The summed E-state index contributed by atoms with van der Waals surface area (Å²) < 4.78 is 17.9. The number of ether oxygens (including phenoxy) is 3. The van der Waals surface area contributed by atoms with Crippen molar-refractivity contribution in [1.82, 2.24) is 14.8 Å². The number of carbonyl (C=O) groups is 1. The van der Waals surface area contributed by atoms with Gasteiger partial charge in [0.1, 0.15) is 5.25 Å². The molecule has 0 spiro atoms. The van der Waals surface area contributed by atoms with E-state index in [9.17, 15) is 4.79 Å². The van der Waals surface area contributed by atoms with Crippen molar-refractivity contribution in [3.8, 4) is 22.9 Å². The van der Waals surface area contributed by atoms with Crippen LogP contribution < -0.4 is 9.47 Å². The molecule has 0 unspecified atom stereocenters. The highest BCUT2D eigenvalue weighted by Crippen LogP contribution is 2.38. The Morgan fingerprint density at radius 3 is 2.46 bits per heavy atom. The standard InChI is InChI=1S/C20H27N3O4S/c1-13(19(24)27-4)28-20-22-21-18(23(20)15-8-6-5-7-9-15)14-10-11-16(25-2)17(12-14)26-3/h10-13,15H,5-9H2,1-4H3/t13-/m0/s1. The van der Waals surface area contributed by atoms with Gasteiger partial charge in [-0.1, -0.05) is 31.0 Å². The fourth-order valence-electron chi connectivity index (χ4n) is 3.57. The molecule has 28 heavy (non-hydrogen) atoms. The van der Waals surface area contributed by atoms with Crippen molar-refractivity contribution in [2.24, 2.45) is 0 Å². The highest BCUT2D eigenvalue weighted by molar-refractivity contribution is 8.00. The lowest BCUT2D eigenvalue weighted by Gasteiger charge is -2.26. The molecule has 1 heterocycles. The molecule has 0 saturated heterocycles. The summed E-state index contributed by atoms with van der Waals surface area (Å²) in [7, 11) is 4.64. The number of carbonyl (C=O) groups excluding carboxylic acids is 1. The van der Waals surface area contributed by atoms with Gasteiger partial charge in [-0.15, -0.1) is 10.2 Å². The molecule has 0 bridgehead atoms. The third kappa shape index (κ3) is 4.27. The van der Waals surface area contributed by atoms with E-state index in [0.29, 0.717) is 17.5 Å². The third-order valence-corrected chi connectivity index (χ3v) is 6.10. The fraction of sp³-hybridized carbons (Fsp3) is 0.550. The van der Waals surface area contributed by atoms with Crippen molar-refractivity contribution in [2.75, 3.05) is 21.3 Å². The van der Waals surface area contributed by atoms with Crippen LogP contribution in [0.3, 0.4) is 0 Å². The topological polar surface area (TPSA) is 75.5 Å². The predicted molar refractivity (Wildman–Crippen MR) is 108 cm³/mol. The van der Waals surface area contributed by atoms with Crippen LogP contribution in [0.25, 0.3) is 11.4 Å². The van der Waals surface area contributed by atoms with E-state index in [0.717, 1.165) is 29.4 Å². The lowest BCUT2D eigenvalue weighted by molar-refractivity contribution is -0.139. The van der Waals surface area contributed by atoms with E-state index >= 15 is 0 Å². The summed E-state index contributed by atoms with van der Waals surface area (Å²) in [4.78, 5) is 11.9. The smallest absolute Gasteiger partial charge is 0.318 e. The first-order chi connectivity index (χ1) is 13.6. The molecule has 1 aromatic heterocycles. The summed E-state index contributed by atoms with van der Waals surface area (Å²) in [5.74, 6) is 1.84. The van der Waals surface area contributed by atoms with E-state index < -0.39 is 0 Å². The van der Waals surface area contributed by atoms with E-state index in [1.807, 2.05) is 25.1 Å². The minimum absolute atomic E-state index is 0.268. The lowest BCUT2D eigenvalue weighted by atomic mass is 9.95. The molecule has 8 heteroatoms. The minimum atomic E-state index is -0.352. The Hall–Kier alpha value is -2.22. The van der Waals surface area contributed by atoms with E-state index in [1.54, 1.807) is 14.2 Å². The average Bonchev–Trinajstić information content (AvgIpc) is 3.16. The zero-order valence-corrected chi connectivity index (χ0v) is 17.6. The number of esters is 1. The molecular weight excluding hydrogens is 378 g/mol. The van der Waals surface area contributed by atoms with Crippen molar-refractivity contribution in [3.63, 3.8) is 0 Å². The Balaban J connectivity index is 2.02. The van der Waals surface area contributed by atoms with Crippen LogP contribution in [0.5, 0.6) is 11.5 Å². The maximum atomic E-state index is 11.9. The Morgan fingerprint density at radius 2 is 1.82 bits per heavy atom. The molecule has 0 amide bonds. The van der Waals surface area contributed by atoms with Crippen LogP contribution >= 0.6 is 11.8 Å². The largest absolute Gasteiger partial charge is 0.493 e. The van der Waals surface area contributed by atoms with Gasteiger partial charge in [0.15, 0.2) is 22.5 Å². The average molecular weight is 406 g/mol. The van der Waals surface area contributed by atoms with Gasteiger partial charge in [0, 0.05) is 11.6 Å². The van der Waals surface area contributed by atoms with Crippen LogP contribution in [-0.2, 0) is 9.53 Å². The molecule has 0 N–H and O–H groups in total. The zero-order valence-electron chi connectivity index (χ0n) is 16.8. The zero-order chi connectivity index (χ0) is 20.1. The molecule has 1 aliphatic carbocycles. The molecule has 1 atom stereocenters. The highest BCUT2D eigenvalue weighted by Gasteiger charge is 2.27. The summed E-state index contributed by atoms with van der Waals surface area (Å²) in [6.07, 6.45) is 5.79. The van der Waals surface area contributed by atoms with Crippen LogP contribution in [0.15, 0.2) is 23.4 Å². The Kier molecular flexibility index (Phi) is 6.83. The van der Waals surface area contributed by atoms with Gasteiger partial charge in [-0.2, -0.15) is 0 Å². The number of nitrogens with zero attached hydrogens (tertiary/aromatic N) is 3. The van der Waals surface area contributed by atoms with Gasteiger partial charge in [-0.25, -0.2) is 0 Å². The van der Waals surface area contributed by atoms with Crippen LogP contribution in [0.1, 0.15) is 45.1 Å². The molecule has 1 aliphatic rings. The maximum absolute atomic E-state index is 11.9. The minimum Gasteiger partial charge on any atom is -0.493 e. The van der Waals surface area contributed by atoms with Crippen molar-refractivity contribution in [1.29, 1.82) is 0 Å². The summed E-state index contributed by atoms with van der Waals surface area (Å²) in [5, 5.41) is 9.29. The molecule has 7 nitrogen and oxygen atoms in total. The van der Waals surface area contributed by atoms with Crippen molar-refractivity contribution >= 4 is 17.7 Å². The van der Waals surface area contributed by atoms with Gasteiger partial charge in [-0.3, -0.25) is 9.36 Å². The first-order valence-corrected chi connectivity index (χ1v) is 10.4. The quantitative estimate of drug-likeness (QED) is 0.506. The Bertz CT molecular complexity index is 818. The monoisotopic (exact) mass is 405 g/mol. The second kappa shape index (κ2) is 9.32. The summed E-state index contributed by atoms with van der Waals surface area (Å²) in [6.45, 7) is 1.83. The van der Waals surface area contributed by atoms with E-state index in [2.05, 4.69) is 14.8 Å². The number of benzene rings is 1. The number of methoxy groups -OCH3 is 3. The van der Waals surface area contributed by atoms with Crippen LogP contribution in [0, 0.1) is 0 Å². The van der Waals surface area contributed by atoms with Crippen LogP contribution in [0.2, 0.25) is 0 Å². The third-order valence-electron chi connectivity index (χ3n) is 5.06. The van der Waals surface area contributed by atoms with Crippen LogP contribution in [0.4, 0.5) is 0 Å². The number of aromatic nitrogens is 3. The first kappa shape index (κ1) is 20.5. The molecule has 1 aromatic carbocycles. The van der Waals surface area contributed by atoms with Gasteiger partial charge >= 0.3 is 5.97 Å². The fourth-order valence-corrected chi connectivity index (χ4v) is 4.52. The second-order valence-electron chi connectivity index (χ2n) is 6.82. The SMILES string of the molecule is COC(=O)[C@H](C)Sc1nnc(-c2ccc(OC)c(OC)c2)n1C1CCCCC1. The maximum Gasteiger partial charge on any atom is 0.318 e. The molecule has 1 fully saturated rings. The molecule has 0 aliphatic heterocycles. The Morgan fingerprint density at radius 1 is 1.11 bits per heavy atom. The second-order valence-corrected chi connectivity index (χ2v) is 8.13. The molecule has 0 radical (unpaired) electrons. The summed E-state index contributed by atoms with van der Waals surface area (Å²) >= 11 is 1.39. The van der Waals surface area contributed by atoms with E-state index in [1.165, 1.54) is 38.1 Å². The van der Waals surface area contributed by atoms with Gasteiger partial charge in [0.25, 0.3) is 0 Å². The number of rotatable bonds is 7. The van der Waals surface area contributed by atoms with E-state index in [-0.39, 0.29) is 11.2 Å². The number of hydrogen-bond donors (Lipinski definition) is 0. The van der Waals surface area contributed by atoms with Gasteiger partial charge in [0.05, 0.1) is 21.3 Å². The van der Waals surface area contributed by atoms with Crippen molar-refractivity contribution in [3.05, 3.63) is 18.2 Å². The van der Waals surface area contributed by atoms with Crippen LogP contribution in [-0.4, -0.2) is 47.3 Å². The van der Waals surface area contributed by atoms with Gasteiger partial charge in [-0.05, 0) is 38.0 Å². The number of thioether (sulfide) groups is 1. The molecule has 3 rings (SSSR count). The predicted octanol–water partition coefficient (Wildman–Crippen LogP) is 4.12.